The fourth-order valence-electron chi connectivity index (χ4n) is 4.42. The molecule has 1 spiro atoms. The van der Waals surface area contributed by atoms with E-state index in [0.29, 0.717) is 31.4 Å². The summed E-state index contributed by atoms with van der Waals surface area (Å²) >= 11 is 0. The highest BCUT2D eigenvalue weighted by Gasteiger charge is 2.42. The number of likely N-dealkylation sites (tertiary alicyclic amines) is 1. The van der Waals surface area contributed by atoms with Gasteiger partial charge in [-0.3, -0.25) is 14.4 Å². The summed E-state index contributed by atoms with van der Waals surface area (Å²) in [6, 6.07) is 6.10. The summed E-state index contributed by atoms with van der Waals surface area (Å²) in [5.74, 6) is -0.684. The molecule has 3 atom stereocenters. The van der Waals surface area contributed by atoms with Crippen molar-refractivity contribution in [3.8, 4) is 0 Å². The quantitative estimate of drug-likeness (QED) is 0.626. The second-order valence-corrected chi connectivity index (χ2v) is 10.6. The van der Waals surface area contributed by atoms with Crippen LogP contribution in [0.2, 0.25) is 0 Å². The van der Waals surface area contributed by atoms with Gasteiger partial charge in [0.1, 0.15) is 11.7 Å². The lowest BCUT2D eigenvalue weighted by atomic mass is 9.95. The second-order valence-electron chi connectivity index (χ2n) is 8.33. The molecule has 4 rings (SSSR count). The predicted octanol–water partition coefficient (Wildman–Crippen LogP) is 0.243. The van der Waals surface area contributed by atoms with Gasteiger partial charge in [-0.25, -0.2) is 8.42 Å². The smallest absolute Gasteiger partial charge is 0.255 e. The van der Waals surface area contributed by atoms with Gasteiger partial charge in [0, 0.05) is 31.1 Å². The van der Waals surface area contributed by atoms with E-state index in [4.69, 9.17) is 0 Å². The molecule has 3 unspecified atom stereocenters. The van der Waals surface area contributed by atoms with Crippen LogP contribution in [0.25, 0.3) is 0 Å². The van der Waals surface area contributed by atoms with Gasteiger partial charge in [-0.1, -0.05) is 12.1 Å². The van der Waals surface area contributed by atoms with Crippen LogP contribution in [0.5, 0.6) is 0 Å². The molecule has 3 amide bonds. The van der Waals surface area contributed by atoms with Crippen LogP contribution in [-0.4, -0.2) is 66.8 Å². The fourth-order valence-corrected chi connectivity index (χ4v) is 6.09. The predicted molar refractivity (Wildman–Crippen MR) is 110 cm³/mol. The molecule has 1 aromatic carbocycles. The number of para-hydroxylation sites is 1. The van der Waals surface area contributed by atoms with E-state index in [-0.39, 0.29) is 35.6 Å². The molecule has 3 N–H and O–H groups in total. The van der Waals surface area contributed by atoms with Crippen molar-refractivity contribution in [2.75, 3.05) is 23.4 Å². The van der Waals surface area contributed by atoms with Gasteiger partial charge in [-0.05, 0) is 31.9 Å². The molecule has 30 heavy (non-hydrogen) atoms. The summed E-state index contributed by atoms with van der Waals surface area (Å²) in [5, 5.41) is 9.16. The minimum absolute atomic E-state index is 0.0577. The topological polar surface area (TPSA) is 125 Å². The Bertz CT molecular complexity index is 995. The van der Waals surface area contributed by atoms with Gasteiger partial charge in [-0.2, -0.15) is 0 Å². The monoisotopic (exact) mass is 434 g/mol. The van der Waals surface area contributed by atoms with Crippen molar-refractivity contribution in [1.82, 2.24) is 15.5 Å². The van der Waals surface area contributed by atoms with Crippen LogP contribution in [0, 0.1) is 0 Å². The van der Waals surface area contributed by atoms with E-state index >= 15 is 0 Å². The highest BCUT2D eigenvalue weighted by atomic mass is 32.2. The van der Waals surface area contributed by atoms with E-state index in [2.05, 4.69) is 16.0 Å². The maximum absolute atomic E-state index is 12.8. The first kappa shape index (κ1) is 20.6. The number of rotatable bonds is 3. The summed E-state index contributed by atoms with van der Waals surface area (Å²) in [6.07, 6.45) is 1.45. The van der Waals surface area contributed by atoms with Crippen LogP contribution >= 0.6 is 0 Å². The molecule has 2 saturated heterocycles. The van der Waals surface area contributed by atoms with Crippen LogP contribution in [-0.2, 0) is 19.4 Å². The molecule has 3 aliphatic rings. The summed E-state index contributed by atoms with van der Waals surface area (Å²) in [5.41, 5.74) is 0.552. The summed E-state index contributed by atoms with van der Waals surface area (Å²) in [4.78, 5) is 39.5. The first-order valence-electron chi connectivity index (χ1n) is 10.2. The van der Waals surface area contributed by atoms with E-state index < -0.39 is 27.6 Å². The van der Waals surface area contributed by atoms with Crippen LogP contribution < -0.4 is 16.0 Å². The number of hydrogen-bond acceptors (Lipinski definition) is 6. The van der Waals surface area contributed by atoms with Crippen molar-refractivity contribution < 1.29 is 22.8 Å². The van der Waals surface area contributed by atoms with Crippen molar-refractivity contribution in [3.63, 3.8) is 0 Å². The molecule has 3 aliphatic heterocycles. The van der Waals surface area contributed by atoms with Gasteiger partial charge in [-0.15, -0.1) is 0 Å². The Hall–Kier alpha value is -2.62. The standard InChI is InChI=1S/C20H26N4O5S/c1-13(18(26)21-14-7-11-30(28,29)12-14)24-10-9-20(8-6-17(24)25)22-16-5-3-2-4-15(16)19(27)23-20/h2-5,13-14,22H,6-12H2,1H3,(H,21,26)(H,23,27). The van der Waals surface area contributed by atoms with Gasteiger partial charge in [0.15, 0.2) is 9.84 Å². The van der Waals surface area contributed by atoms with Crippen molar-refractivity contribution in [2.24, 2.45) is 0 Å². The molecular weight excluding hydrogens is 408 g/mol. The number of benzene rings is 1. The maximum atomic E-state index is 12.8. The van der Waals surface area contributed by atoms with Crippen molar-refractivity contribution in [1.29, 1.82) is 0 Å². The Labute approximate surface area is 175 Å². The molecule has 162 valence electrons. The number of fused-ring (bicyclic) bond motifs is 1. The Kier molecular flexibility index (Phi) is 5.21. The zero-order valence-electron chi connectivity index (χ0n) is 16.8. The Balaban J connectivity index is 1.44. The first-order chi connectivity index (χ1) is 14.2. The second kappa shape index (κ2) is 7.57. The molecule has 9 nitrogen and oxygen atoms in total. The number of anilines is 1. The molecule has 10 heteroatoms. The van der Waals surface area contributed by atoms with E-state index in [1.165, 1.54) is 4.90 Å². The average molecular weight is 435 g/mol. The Morgan fingerprint density at radius 3 is 2.73 bits per heavy atom. The number of nitrogens with zero attached hydrogens (tertiary/aromatic N) is 1. The summed E-state index contributed by atoms with van der Waals surface area (Å²) < 4.78 is 23.2. The van der Waals surface area contributed by atoms with Crippen molar-refractivity contribution >= 4 is 33.2 Å². The van der Waals surface area contributed by atoms with Gasteiger partial charge >= 0.3 is 0 Å². The third kappa shape index (κ3) is 4.00. The van der Waals surface area contributed by atoms with Crippen LogP contribution in [0.1, 0.15) is 43.0 Å². The van der Waals surface area contributed by atoms with E-state index in [0.717, 1.165) is 5.69 Å². The fraction of sp³-hybridized carbons (Fsp3) is 0.550. The Morgan fingerprint density at radius 2 is 2.00 bits per heavy atom. The van der Waals surface area contributed by atoms with Gasteiger partial charge in [0.25, 0.3) is 5.91 Å². The molecule has 0 saturated carbocycles. The van der Waals surface area contributed by atoms with E-state index in [9.17, 15) is 22.8 Å². The minimum Gasteiger partial charge on any atom is -0.362 e. The van der Waals surface area contributed by atoms with Crippen molar-refractivity contribution in [2.45, 2.75) is 50.4 Å². The SMILES string of the molecule is CC(C(=O)NC1CCS(=O)(=O)C1)N1CCC2(CCC1=O)NC(=O)c1ccccc1N2. The van der Waals surface area contributed by atoms with E-state index in [1.54, 1.807) is 19.1 Å². The highest BCUT2D eigenvalue weighted by Crippen LogP contribution is 2.32. The first-order valence-corrected chi connectivity index (χ1v) is 12.0. The molecule has 0 aromatic heterocycles. The third-order valence-electron chi connectivity index (χ3n) is 6.19. The molecule has 1 aromatic rings. The van der Waals surface area contributed by atoms with E-state index in [1.807, 2.05) is 12.1 Å². The molecule has 0 radical (unpaired) electrons. The maximum Gasteiger partial charge on any atom is 0.255 e. The highest BCUT2D eigenvalue weighted by molar-refractivity contribution is 7.91. The molecule has 0 aliphatic carbocycles. The normalized spacial score (nSPS) is 28.8. The Morgan fingerprint density at radius 1 is 1.23 bits per heavy atom. The van der Waals surface area contributed by atoms with Crippen LogP contribution in [0.15, 0.2) is 24.3 Å². The lowest BCUT2D eigenvalue weighted by Gasteiger charge is -2.40. The largest absolute Gasteiger partial charge is 0.362 e. The summed E-state index contributed by atoms with van der Waals surface area (Å²) in [6.45, 7) is 1.95. The molecule has 2 fully saturated rings. The average Bonchev–Trinajstić information content (AvgIpc) is 2.96. The molecule has 0 bridgehead atoms. The zero-order valence-corrected chi connectivity index (χ0v) is 17.6. The summed E-state index contributed by atoms with van der Waals surface area (Å²) in [7, 11) is -3.10. The van der Waals surface area contributed by atoms with Crippen LogP contribution in [0.3, 0.4) is 0 Å². The van der Waals surface area contributed by atoms with Crippen molar-refractivity contribution in [3.05, 3.63) is 29.8 Å². The number of amides is 3. The molecule has 3 heterocycles. The minimum atomic E-state index is -3.10. The number of nitrogens with one attached hydrogen (secondary N) is 3. The van der Waals surface area contributed by atoms with Gasteiger partial charge in [0.05, 0.1) is 17.1 Å². The molecular formula is C20H26N4O5S. The lowest BCUT2D eigenvalue weighted by Crippen LogP contribution is -2.58. The van der Waals surface area contributed by atoms with Gasteiger partial charge in [0.2, 0.25) is 11.8 Å². The number of carbonyl (C=O) groups is 3. The third-order valence-corrected chi connectivity index (χ3v) is 7.96. The zero-order chi connectivity index (χ0) is 21.5. The lowest BCUT2D eigenvalue weighted by molar-refractivity contribution is -0.139. The number of hydrogen-bond donors (Lipinski definition) is 3. The van der Waals surface area contributed by atoms with Crippen LogP contribution in [0.4, 0.5) is 5.69 Å². The number of sulfone groups is 1. The number of carbonyl (C=O) groups excluding carboxylic acids is 3. The van der Waals surface area contributed by atoms with Gasteiger partial charge < -0.3 is 20.9 Å².